The van der Waals surface area contributed by atoms with Gasteiger partial charge in [-0.1, -0.05) is 84.9 Å². The molecule has 0 unspecified atom stereocenters. The second kappa shape index (κ2) is 6.02. The first-order chi connectivity index (χ1) is 15.4. The van der Waals surface area contributed by atoms with E-state index < -0.39 is 0 Å². The van der Waals surface area contributed by atoms with Crippen molar-refractivity contribution in [1.29, 1.82) is 0 Å². The van der Waals surface area contributed by atoms with Gasteiger partial charge < -0.3 is 0 Å². The fourth-order valence-electron chi connectivity index (χ4n) is 5.82. The average molecular weight is 393 g/mol. The van der Waals surface area contributed by atoms with Crippen molar-refractivity contribution in [1.82, 2.24) is 4.98 Å². The summed E-state index contributed by atoms with van der Waals surface area (Å²) in [5, 5.41) is 0. The van der Waals surface area contributed by atoms with Gasteiger partial charge in [-0.15, -0.1) is 0 Å². The smallest absolute Gasteiger partial charge is 0.0725 e. The van der Waals surface area contributed by atoms with Crippen LogP contribution in [0.4, 0.5) is 0 Å². The Morgan fingerprint density at radius 3 is 1.45 bits per heavy atom. The second-order valence-electron chi connectivity index (χ2n) is 8.38. The van der Waals surface area contributed by atoms with Crippen LogP contribution in [-0.4, -0.2) is 4.98 Å². The van der Waals surface area contributed by atoms with Crippen molar-refractivity contribution in [2.45, 2.75) is 5.41 Å². The van der Waals surface area contributed by atoms with E-state index in [4.69, 9.17) is 0 Å². The molecule has 2 aliphatic carbocycles. The monoisotopic (exact) mass is 393 g/mol. The molecule has 1 heterocycles. The molecule has 1 aromatic heterocycles. The minimum atomic E-state index is -0.276. The van der Waals surface area contributed by atoms with Gasteiger partial charge in [0.25, 0.3) is 0 Å². The number of hydrogen-bond donors (Lipinski definition) is 0. The van der Waals surface area contributed by atoms with Crippen molar-refractivity contribution in [3.05, 3.63) is 138 Å². The minimum Gasteiger partial charge on any atom is -0.265 e. The zero-order chi connectivity index (χ0) is 20.4. The largest absolute Gasteiger partial charge is 0.265 e. The molecule has 0 amide bonds. The van der Waals surface area contributed by atoms with Crippen LogP contribution in [0.3, 0.4) is 0 Å². The first kappa shape index (κ1) is 16.8. The molecule has 0 radical (unpaired) electrons. The van der Waals surface area contributed by atoms with Crippen molar-refractivity contribution in [3.63, 3.8) is 0 Å². The highest BCUT2D eigenvalue weighted by atomic mass is 14.6. The van der Waals surface area contributed by atoms with Gasteiger partial charge in [-0.3, -0.25) is 4.98 Å². The maximum absolute atomic E-state index is 4.21. The van der Waals surface area contributed by atoms with Crippen molar-refractivity contribution >= 4 is 0 Å². The molecule has 0 N–H and O–H groups in total. The van der Waals surface area contributed by atoms with Gasteiger partial charge in [-0.05, 0) is 73.8 Å². The molecule has 1 heteroatoms. The van der Waals surface area contributed by atoms with Gasteiger partial charge >= 0.3 is 0 Å². The van der Waals surface area contributed by atoms with Crippen LogP contribution in [0.1, 0.15) is 22.3 Å². The molecule has 5 aromatic rings. The zero-order valence-electron chi connectivity index (χ0n) is 16.9. The molecule has 1 nitrogen and oxygen atoms in total. The third-order valence-electron chi connectivity index (χ3n) is 7.01. The number of pyridine rings is 1. The van der Waals surface area contributed by atoms with E-state index in [9.17, 15) is 0 Å². The average Bonchev–Trinajstić information content (AvgIpc) is 3.32. The van der Waals surface area contributed by atoms with Gasteiger partial charge in [-0.2, -0.15) is 0 Å². The third kappa shape index (κ3) is 2.03. The molecule has 0 atom stereocenters. The zero-order valence-corrected chi connectivity index (χ0v) is 16.9. The SMILES string of the molecule is c1ccc2c(c1)-c1ccccc1C21c2ccccc2-c2ccc(-c3ccncc3)cc21. The molecule has 0 fully saturated rings. The lowest BCUT2D eigenvalue weighted by Crippen LogP contribution is -2.25. The Morgan fingerprint density at radius 1 is 0.419 bits per heavy atom. The maximum Gasteiger partial charge on any atom is 0.0725 e. The highest BCUT2D eigenvalue weighted by Gasteiger charge is 2.51. The minimum absolute atomic E-state index is 0.276. The highest BCUT2D eigenvalue weighted by molar-refractivity contribution is 5.95. The fourth-order valence-corrected chi connectivity index (χ4v) is 5.82. The Labute approximate surface area is 181 Å². The third-order valence-corrected chi connectivity index (χ3v) is 7.01. The second-order valence-corrected chi connectivity index (χ2v) is 8.38. The van der Waals surface area contributed by atoms with E-state index >= 15 is 0 Å². The lowest BCUT2D eigenvalue weighted by Gasteiger charge is -2.30. The summed E-state index contributed by atoms with van der Waals surface area (Å²) >= 11 is 0. The summed E-state index contributed by atoms with van der Waals surface area (Å²) in [7, 11) is 0. The van der Waals surface area contributed by atoms with E-state index in [-0.39, 0.29) is 5.41 Å². The van der Waals surface area contributed by atoms with E-state index in [1.807, 2.05) is 12.4 Å². The molecule has 0 aliphatic heterocycles. The van der Waals surface area contributed by atoms with Gasteiger partial charge in [-0.25, -0.2) is 0 Å². The Hall–Kier alpha value is -3.97. The van der Waals surface area contributed by atoms with Crippen LogP contribution in [0, 0.1) is 0 Å². The lowest BCUT2D eigenvalue weighted by molar-refractivity contribution is 0.794. The molecule has 0 saturated carbocycles. The molecule has 1 spiro atoms. The van der Waals surface area contributed by atoms with E-state index in [1.165, 1.54) is 55.6 Å². The molecule has 0 saturated heterocycles. The van der Waals surface area contributed by atoms with Gasteiger partial charge in [0.15, 0.2) is 0 Å². The summed E-state index contributed by atoms with van der Waals surface area (Å²) in [6, 6.07) is 37.9. The number of nitrogens with zero attached hydrogens (tertiary/aromatic N) is 1. The first-order valence-electron chi connectivity index (χ1n) is 10.7. The molecular weight excluding hydrogens is 374 g/mol. The fraction of sp³-hybridized carbons (Fsp3) is 0.0333. The van der Waals surface area contributed by atoms with E-state index in [2.05, 4.69) is 108 Å². The Bertz CT molecular complexity index is 1420. The van der Waals surface area contributed by atoms with Crippen LogP contribution in [0.2, 0.25) is 0 Å². The molecule has 7 rings (SSSR count). The van der Waals surface area contributed by atoms with Crippen molar-refractivity contribution < 1.29 is 0 Å². The van der Waals surface area contributed by atoms with Gasteiger partial charge in [0.1, 0.15) is 0 Å². The molecular formula is C30H19N. The summed E-state index contributed by atoms with van der Waals surface area (Å²) in [5.41, 5.74) is 13.0. The normalized spacial score (nSPS) is 14.1. The lowest BCUT2D eigenvalue weighted by atomic mass is 9.70. The standard InChI is InChI=1S/C30H19N/c1-4-10-26-22(7-1)23-8-2-5-11-27(23)30(26)28-12-6-3-9-24(28)25-14-13-21(19-29(25)30)20-15-17-31-18-16-20/h1-19H. The van der Waals surface area contributed by atoms with Crippen LogP contribution in [0.15, 0.2) is 116 Å². The van der Waals surface area contributed by atoms with Crippen LogP contribution >= 0.6 is 0 Å². The quantitative estimate of drug-likeness (QED) is 0.290. The molecule has 4 aromatic carbocycles. The van der Waals surface area contributed by atoms with Crippen LogP contribution in [0.5, 0.6) is 0 Å². The van der Waals surface area contributed by atoms with Crippen molar-refractivity contribution in [3.8, 4) is 33.4 Å². The Kier molecular flexibility index (Phi) is 3.26. The predicted octanol–water partition coefficient (Wildman–Crippen LogP) is 7.09. The van der Waals surface area contributed by atoms with Gasteiger partial charge in [0.2, 0.25) is 0 Å². The van der Waals surface area contributed by atoms with Gasteiger partial charge in [0, 0.05) is 12.4 Å². The van der Waals surface area contributed by atoms with Crippen molar-refractivity contribution in [2.24, 2.45) is 0 Å². The van der Waals surface area contributed by atoms with E-state index in [1.54, 1.807) is 0 Å². The van der Waals surface area contributed by atoms with Crippen LogP contribution < -0.4 is 0 Å². The molecule has 144 valence electrons. The number of benzene rings is 4. The summed E-state index contributed by atoms with van der Waals surface area (Å²) in [6.07, 6.45) is 3.74. The van der Waals surface area contributed by atoms with Gasteiger partial charge in [0.05, 0.1) is 5.41 Å². The molecule has 0 bridgehead atoms. The number of aromatic nitrogens is 1. The van der Waals surface area contributed by atoms with E-state index in [0.717, 1.165) is 0 Å². The molecule has 2 aliphatic rings. The van der Waals surface area contributed by atoms with E-state index in [0.29, 0.717) is 0 Å². The number of fused-ring (bicyclic) bond motifs is 10. The Balaban J connectivity index is 1.64. The molecule has 31 heavy (non-hydrogen) atoms. The summed E-state index contributed by atoms with van der Waals surface area (Å²) in [4.78, 5) is 4.21. The number of rotatable bonds is 1. The van der Waals surface area contributed by atoms with Crippen LogP contribution in [-0.2, 0) is 5.41 Å². The Morgan fingerprint density at radius 2 is 0.903 bits per heavy atom. The predicted molar refractivity (Wildman–Crippen MR) is 126 cm³/mol. The summed E-state index contributed by atoms with van der Waals surface area (Å²) in [5.74, 6) is 0. The van der Waals surface area contributed by atoms with Crippen LogP contribution in [0.25, 0.3) is 33.4 Å². The summed E-state index contributed by atoms with van der Waals surface area (Å²) in [6.45, 7) is 0. The first-order valence-corrected chi connectivity index (χ1v) is 10.7. The topological polar surface area (TPSA) is 12.9 Å². The number of hydrogen-bond acceptors (Lipinski definition) is 1. The maximum atomic E-state index is 4.21. The summed E-state index contributed by atoms with van der Waals surface area (Å²) < 4.78 is 0. The van der Waals surface area contributed by atoms with Crippen molar-refractivity contribution in [2.75, 3.05) is 0 Å². The highest BCUT2D eigenvalue weighted by Crippen LogP contribution is 2.62.